The smallest absolute Gasteiger partial charge is 0.259 e. The Hall–Kier alpha value is -2.86. The van der Waals surface area contributed by atoms with Crippen LogP contribution < -0.4 is 15.4 Å². The summed E-state index contributed by atoms with van der Waals surface area (Å²) in [7, 11) is 0. The molecule has 160 valence electrons. The van der Waals surface area contributed by atoms with Crippen molar-refractivity contribution in [1.82, 2.24) is 5.32 Å². The number of carbonyl (C=O) groups excluding carboxylic acids is 2. The van der Waals surface area contributed by atoms with Gasteiger partial charge in [0.1, 0.15) is 12.4 Å². The highest BCUT2D eigenvalue weighted by molar-refractivity contribution is 6.06. The zero-order valence-corrected chi connectivity index (χ0v) is 17.5. The Morgan fingerprint density at radius 1 is 0.933 bits per heavy atom. The first-order chi connectivity index (χ1) is 14.7. The van der Waals surface area contributed by atoms with Crippen LogP contribution in [0.25, 0.3) is 0 Å². The topological polar surface area (TPSA) is 76.7 Å². The van der Waals surface area contributed by atoms with Crippen molar-refractivity contribution in [2.45, 2.75) is 45.1 Å². The molecular weight excluding hydrogens is 380 g/mol. The van der Waals surface area contributed by atoms with Gasteiger partial charge in [0.25, 0.3) is 11.8 Å². The Kier molecular flexibility index (Phi) is 8.27. The first-order valence-electron chi connectivity index (χ1n) is 10.7. The van der Waals surface area contributed by atoms with Crippen LogP contribution in [0.4, 0.5) is 5.69 Å². The normalized spacial score (nSPS) is 14.2. The van der Waals surface area contributed by atoms with E-state index < -0.39 is 0 Å². The molecule has 0 heterocycles. The Labute approximate surface area is 178 Å². The van der Waals surface area contributed by atoms with Gasteiger partial charge in [-0.25, -0.2) is 0 Å². The van der Waals surface area contributed by atoms with Crippen LogP contribution in [0.15, 0.2) is 48.5 Å². The molecule has 0 bridgehead atoms. The van der Waals surface area contributed by atoms with Gasteiger partial charge in [-0.15, -0.1) is 0 Å². The van der Waals surface area contributed by atoms with Crippen LogP contribution in [0.3, 0.4) is 0 Å². The number of hydrogen-bond acceptors (Lipinski definition) is 4. The third kappa shape index (κ3) is 6.32. The van der Waals surface area contributed by atoms with Crippen molar-refractivity contribution < 1.29 is 19.1 Å². The lowest BCUT2D eigenvalue weighted by molar-refractivity contribution is 0.0927. The van der Waals surface area contributed by atoms with Gasteiger partial charge >= 0.3 is 0 Å². The van der Waals surface area contributed by atoms with E-state index in [9.17, 15) is 9.59 Å². The van der Waals surface area contributed by atoms with Gasteiger partial charge in [0.05, 0.1) is 12.2 Å². The molecule has 2 aromatic rings. The molecule has 1 aliphatic carbocycles. The highest BCUT2D eigenvalue weighted by atomic mass is 16.5. The summed E-state index contributed by atoms with van der Waals surface area (Å²) in [6, 6.07) is 14.3. The monoisotopic (exact) mass is 410 g/mol. The minimum atomic E-state index is -0.263. The van der Waals surface area contributed by atoms with E-state index in [1.165, 1.54) is 19.3 Å². The fourth-order valence-electron chi connectivity index (χ4n) is 3.55. The minimum absolute atomic E-state index is 0.0622. The van der Waals surface area contributed by atoms with E-state index in [0.29, 0.717) is 42.4 Å². The Morgan fingerprint density at radius 3 is 2.40 bits per heavy atom. The number of anilines is 1. The van der Waals surface area contributed by atoms with Crippen LogP contribution >= 0.6 is 0 Å². The molecule has 1 fully saturated rings. The molecule has 6 nitrogen and oxygen atoms in total. The lowest BCUT2D eigenvalue weighted by Crippen LogP contribution is -2.36. The summed E-state index contributed by atoms with van der Waals surface area (Å²) in [5, 5.41) is 5.97. The maximum atomic E-state index is 12.7. The molecule has 3 rings (SSSR count). The van der Waals surface area contributed by atoms with Crippen LogP contribution in [0.1, 0.15) is 59.7 Å². The second kappa shape index (κ2) is 11.4. The number of benzene rings is 2. The lowest BCUT2D eigenvalue weighted by atomic mass is 9.95. The zero-order chi connectivity index (χ0) is 21.2. The summed E-state index contributed by atoms with van der Waals surface area (Å²) < 4.78 is 11.0. The number of hydrogen-bond donors (Lipinski definition) is 2. The van der Waals surface area contributed by atoms with Gasteiger partial charge in [-0.1, -0.05) is 31.4 Å². The molecule has 0 unspecified atom stereocenters. The van der Waals surface area contributed by atoms with Gasteiger partial charge in [0, 0.05) is 23.9 Å². The Balaban J connectivity index is 1.57. The summed E-state index contributed by atoms with van der Waals surface area (Å²) in [6.07, 6.45) is 5.69. The van der Waals surface area contributed by atoms with Crippen LogP contribution in [-0.2, 0) is 4.74 Å². The SMILES string of the molecule is CCOCCOc1ccccc1C(=O)Nc1ccc(C(=O)NC2CCCCC2)cc1. The first-order valence-corrected chi connectivity index (χ1v) is 10.7. The van der Waals surface area contributed by atoms with Crippen LogP contribution in [0, 0.1) is 0 Å². The highest BCUT2D eigenvalue weighted by Crippen LogP contribution is 2.21. The van der Waals surface area contributed by atoms with E-state index in [1.807, 2.05) is 13.0 Å². The summed E-state index contributed by atoms with van der Waals surface area (Å²) in [5.41, 5.74) is 1.67. The maximum Gasteiger partial charge on any atom is 0.259 e. The average molecular weight is 411 g/mol. The summed E-state index contributed by atoms with van der Waals surface area (Å²) in [4.78, 5) is 25.1. The fourth-order valence-corrected chi connectivity index (χ4v) is 3.55. The molecule has 2 aromatic carbocycles. The third-order valence-corrected chi connectivity index (χ3v) is 5.17. The number of amides is 2. The summed E-state index contributed by atoms with van der Waals surface area (Å²) in [5.74, 6) is 0.187. The van der Waals surface area contributed by atoms with Crippen LogP contribution in [-0.4, -0.2) is 37.7 Å². The second-order valence-corrected chi connectivity index (χ2v) is 7.38. The fraction of sp³-hybridized carbons (Fsp3) is 0.417. The molecular formula is C24H30N2O4. The average Bonchev–Trinajstić information content (AvgIpc) is 2.78. The van der Waals surface area contributed by atoms with Crippen LogP contribution in [0.5, 0.6) is 5.75 Å². The van der Waals surface area contributed by atoms with Crippen molar-refractivity contribution in [3.63, 3.8) is 0 Å². The number of rotatable bonds is 9. The number of carbonyl (C=O) groups is 2. The molecule has 1 saturated carbocycles. The Morgan fingerprint density at radius 2 is 1.67 bits per heavy atom. The van der Waals surface area contributed by atoms with Crippen molar-refractivity contribution in [1.29, 1.82) is 0 Å². The molecule has 2 amide bonds. The number of nitrogens with one attached hydrogen (secondary N) is 2. The quantitative estimate of drug-likeness (QED) is 0.600. The van der Waals surface area contributed by atoms with E-state index in [-0.39, 0.29) is 17.9 Å². The molecule has 0 atom stereocenters. The molecule has 0 spiro atoms. The number of ether oxygens (including phenoxy) is 2. The number of para-hydroxylation sites is 1. The largest absolute Gasteiger partial charge is 0.490 e. The van der Waals surface area contributed by atoms with Crippen molar-refractivity contribution in [2.24, 2.45) is 0 Å². The second-order valence-electron chi connectivity index (χ2n) is 7.38. The molecule has 1 aliphatic rings. The lowest BCUT2D eigenvalue weighted by Gasteiger charge is -2.22. The molecule has 2 N–H and O–H groups in total. The van der Waals surface area contributed by atoms with E-state index in [2.05, 4.69) is 10.6 Å². The zero-order valence-electron chi connectivity index (χ0n) is 17.5. The van der Waals surface area contributed by atoms with Crippen molar-refractivity contribution in [3.8, 4) is 5.75 Å². The summed E-state index contributed by atoms with van der Waals surface area (Å²) in [6.45, 7) is 3.40. The van der Waals surface area contributed by atoms with Crippen molar-refractivity contribution in [3.05, 3.63) is 59.7 Å². The van der Waals surface area contributed by atoms with Crippen molar-refractivity contribution in [2.75, 3.05) is 25.1 Å². The molecule has 0 radical (unpaired) electrons. The molecule has 6 heteroatoms. The van der Waals surface area contributed by atoms with Crippen molar-refractivity contribution >= 4 is 17.5 Å². The van der Waals surface area contributed by atoms with E-state index in [1.54, 1.807) is 42.5 Å². The first kappa shape index (κ1) is 21.8. The standard InChI is InChI=1S/C24H30N2O4/c1-2-29-16-17-30-22-11-7-6-10-21(22)24(28)26-20-14-12-18(13-15-20)23(27)25-19-8-4-3-5-9-19/h6-7,10-15,19H,2-5,8-9,16-17H2,1H3,(H,25,27)(H,26,28). The maximum absolute atomic E-state index is 12.7. The van der Waals surface area contributed by atoms with Gasteiger partial charge in [0.15, 0.2) is 0 Å². The predicted octanol–water partition coefficient (Wildman–Crippen LogP) is 4.42. The van der Waals surface area contributed by atoms with Gasteiger partial charge in [-0.2, -0.15) is 0 Å². The van der Waals surface area contributed by atoms with Gasteiger partial charge in [-0.05, 0) is 56.2 Å². The van der Waals surface area contributed by atoms with E-state index in [0.717, 1.165) is 12.8 Å². The van der Waals surface area contributed by atoms with E-state index in [4.69, 9.17) is 9.47 Å². The van der Waals surface area contributed by atoms with Gasteiger partial charge in [-0.3, -0.25) is 9.59 Å². The molecule has 30 heavy (non-hydrogen) atoms. The molecule has 0 aromatic heterocycles. The predicted molar refractivity (Wildman–Crippen MR) is 117 cm³/mol. The Bertz CT molecular complexity index is 829. The molecule has 0 aliphatic heterocycles. The van der Waals surface area contributed by atoms with Gasteiger partial charge in [0.2, 0.25) is 0 Å². The minimum Gasteiger partial charge on any atom is -0.490 e. The highest BCUT2D eigenvalue weighted by Gasteiger charge is 2.17. The third-order valence-electron chi connectivity index (χ3n) is 5.17. The molecule has 0 saturated heterocycles. The van der Waals surface area contributed by atoms with E-state index >= 15 is 0 Å². The van der Waals surface area contributed by atoms with Crippen LogP contribution in [0.2, 0.25) is 0 Å². The van der Waals surface area contributed by atoms with Gasteiger partial charge < -0.3 is 20.1 Å². The summed E-state index contributed by atoms with van der Waals surface area (Å²) >= 11 is 0.